The Hall–Kier alpha value is -0.900. The summed E-state index contributed by atoms with van der Waals surface area (Å²) in [6, 6.07) is 10.6. The van der Waals surface area contributed by atoms with Crippen LogP contribution in [0.5, 0.6) is 0 Å². The molecule has 0 saturated carbocycles. The molecule has 1 fully saturated rings. The number of nitrogens with zero attached hydrogens (tertiary/aromatic N) is 2. The number of benzene rings is 1. The maximum Gasteiger partial charge on any atom is 0.114 e. The highest BCUT2D eigenvalue weighted by Crippen LogP contribution is 2.12. The third-order valence-corrected chi connectivity index (χ3v) is 3.56. The molecule has 18 heavy (non-hydrogen) atoms. The first kappa shape index (κ1) is 13.5. The Labute approximate surface area is 110 Å². The summed E-state index contributed by atoms with van der Waals surface area (Å²) in [7, 11) is 2.18. The van der Waals surface area contributed by atoms with Gasteiger partial charge in [0.1, 0.15) is 6.23 Å². The molecule has 3 heteroatoms. The third kappa shape index (κ3) is 3.80. The molecule has 1 saturated heterocycles. The fourth-order valence-electron chi connectivity index (χ4n) is 2.41. The van der Waals surface area contributed by atoms with Gasteiger partial charge in [-0.25, -0.2) is 0 Å². The topological polar surface area (TPSA) is 15.7 Å². The molecule has 0 bridgehead atoms. The SMILES string of the molecule is CCOC(Cc1ccccc1)N1CCN(C)CC1. The number of hydrogen-bond acceptors (Lipinski definition) is 3. The van der Waals surface area contributed by atoms with Crippen LogP contribution in [0, 0.1) is 0 Å². The summed E-state index contributed by atoms with van der Waals surface area (Å²) in [4.78, 5) is 4.85. The van der Waals surface area contributed by atoms with Crippen LogP contribution in [-0.4, -0.2) is 55.9 Å². The van der Waals surface area contributed by atoms with Crippen molar-refractivity contribution in [1.29, 1.82) is 0 Å². The van der Waals surface area contributed by atoms with Crippen LogP contribution in [0.4, 0.5) is 0 Å². The van der Waals surface area contributed by atoms with Gasteiger partial charge >= 0.3 is 0 Å². The van der Waals surface area contributed by atoms with E-state index in [1.165, 1.54) is 5.56 Å². The van der Waals surface area contributed by atoms with Gasteiger partial charge in [-0.3, -0.25) is 4.90 Å². The van der Waals surface area contributed by atoms with Crippen molar-refractivity contribution in [3.05, 3.63) is 35.9 Å². The van der Waals surface area contributed by atoms with E-state index in [0.29, 0.717) is 0 Å². The number of likely N-dealkylation sites (N-methyl/N-ethyl adjacent to an activating group) is 1. The molecule has 0 spiro atoms. The summed E-state index contributed by atoms with van der Waals surface area (Å²) in [5.74, 6) is 0. The molecule has 1 aromatic rings. The van der Waals surface area contributed by atoms with Crippen molar-refractivity contribution in [2.24, 2.45) is 0 Å². The number of hydrogen-bond donors (Lipinski definition) is 0. The van der Waals surface area contributed by atoms with Gasteiger partial charge in [-0.1, -0.05) is 30.3 Å². The van der Waals surface area contributed by atoms with E-state index in [1.54, 1.807) is 0 Å². The average Bonchev–Trinajstić information content (AvgIpc) is 2.40. The molecule has 0 amide bonds. The second-order valence-corrected chi connectivity index (χ2v) is 4.94. The zero-order valence-corrected chi connectivity index (χ0v) is 11.5. The minimum Gasteiger partial charge on any atom is -0.363 e. The standard InChI is InChI=1S/C15H24N2O/c1-3-18-15(13-14-7-5-4-6-8-14)17-11-9-16(2)10-12-17/h4-8,15H,3,9-13H2,1-2H3. The van der Waals surface area contributed by atoms with Crippen LogP contribution in [0.3, 0.4) is 0 Å². The highest BCUT2D eigenvalue weighted by atomic mass is 16.5. The molecule has 1 aliphatic rings. The van der Waals surface area contributed by atoms with Gasteiger partial charge in [-0.05, 0) is 19.5 Å². The van der Waals surface area contributed by atoms with Crippen molar-refractivity contribution in [1.82, 2.24) is 9.80 Å². The highest BCUT2D eigenvalue weighted by molar-refractivity contribution is 5.15. The number of piperazine rings is 1. The summed E-state index contributed by atoms with van der Waals surface area (Å²) in [6.07, 6.45) is 1.21. The zero-order valence-electron chi connectivity index (χ0n) is 11.5. The van der Waals surface area contributed by atoms with E-state index in [0.717, 1.165) is 39.2 Å². The van der Waals surface area contributed by atoms with Crippen molar-refractivity contribution in [3.8, 4) is 0 Å². The van der Waals surface area contributed by atoms with Gasteiger partial charge in [0.15, 0.2) is 0 Å². The Morgan fingerprint density at radius 2 is 1.78 bits per heavy atom. The van der Waals surface area contributed by atoms with Gasteiger partial charge in [0.05, 0.1) is 0 Å². The Balaban J connectivity index is 1.95. The Morgan fingerprint density at radius 1 is 1.11 bits per heavy atom. The molecule has 0 N–H and O–H groups in total. The summed E-state index contributed by atoms with van der Waals surface area (Å²) in [5, 5.41) is 0. The van der Waals surface area contributed by atoms with Crippen molar-refractivity contribution in [3.63, 3.8) is 0 Å². The fraction of sp³-hybridized carbons (Fsp3) is 0.600. The first-order valence-electron chi connectivity index (χ1n) is 6.87. The molecule has 2 rings (SSSR count). The molecule has 1 heterocycles. The number of ether oxygens (including phenoxy) is 1. The highest BCUT2D eigenvalue weighted by Gasteiger charge is 2.22. The van der Waals surface area contributed by atoms with E-state index in [9.17, 15) is 0 Å². The van der Waals surface area contributed by atoms with E-state index in [1.807, 2.05) is 0 Å². The molecule has 0 aromatic heterocycles. The molecule has 0 aliphatic carbocycles. The smallest absolute Gasteiger partial charge is 0.114 e. The van der Waals surface area contributed by atoms with Crippen LogP contribution in [-0.2, 0) is 11.2 Å². The van der Waals surface area contributed by atoms with E-state index in [-0.39, 0.29) is 6.23 Å². The zero-order chi connectivity index (χ0) is 12.8. The second-order valence-electron chi connectivity index (χ2n) is 4.94. The van der Waals surface area contributed by atoms with Crippen LogP contribution >= 0.6 is 0 Å². The molecular formula is C15H24N2O. The van der Waals surface area contributed by atoms with E-state index < -0.39 is 0 Å². The summed E-state index contributed by atoms with van der Waals surface area (Å²) in [5.41, 5.74) is 1.36. The lowest BCUT2D eigenvalue weighted by Crippen LogP contribution is -2.50. The third-order valence-electron chi connectivity index (χ3n) is 3.56. The van der Waals surface area contributed by atoms with Gasteiger partial charge in [-0.2, -0.15) is 0 Å². The minimum absolute atomic E-state index is 0.228. The van der Waals surface area contributed by atoms with Gasteiger partial charge in [0.2, 0.25) is 0 Å². The Bertz CT molecular complexity index is 334. The molecule has 1 aliphatic heterocycles. The van der Waals surface area contributed by atoms with E-state index >= 15 is 0 Å². The van der Waals surface area contributed by atoms with E-state index in [4.69, 9.17) is 4.74 Å². The van der Waals surface area contributed by atoms with Crippen molar-refractivity contribution >= 4 is 0 Å². The van der Waals surface area contributed by atoms with Gasteiger partial charge in [0, 0.05) is 39.2 Å². The number of rotatable bonds is 5. The molecule has 0 radical (unpaired) electrons. The lowest BCUT2D eigenvalue weighted by Gasteiger charge is -2.37. The lowest BCUT2D eigenvalue weighted by atomic mass is 10.1. The first-order valence-corrected chi connectivity index (χ1v) is 6.87. The Kier molecular flexibility index (Phi) is 5.17. The van der Waals surface area contributed by atoms with Crippen molar-refractivity contribution in [2.75, 3.05) is 39.8 Å². The van der Waals surface area contributed by atoms with Crippen molar-refractivity contribution < 1.29 is 4.74 Å². The summed E-state index contributed by atoms with van der Waals surface area (Å²) < 4.78 is 5.93. The van der Waals surface area contributed by atoms with Crippen LogP contribution in [0.25, 0.3) is 0 Å². The summed E-state index contributed by atoms with van der Waals surface area (Å²) >= 11 is 0. The fourth-order valence-corrected chi connectivity index (χ4v) is 2.41. The molecular weight excluding hydrogens is 224 g/mol. The normalized spacial score (nSPS) is 19.9. The second kappa shape index (κ2) is 6.88. The molecule has 1 aromatic carbocycles. The molecule has 100 valence electrons. The largest absolute Gasteiger partial charge is 0.363 e. The molecule has 3 nitrogen and oxygen atoms in total. The van der Waals surface area contributed by atoms with Gasteiger partial charge in [-0.15, -0.1) is 0 Å². The summed E-state index contributed by atoms with van der Waals surface area (Å²) in [6.45, 7) is 7.34. The Morgan fingerprint density at radius 3 is 2.39 bits per heavy atom. The van der Waals surface area contributed by atoms with Crippen LogP contribution in [0.1, 0.15) is 12.5 Å². The van der Waals surface area contributed by atoms with Crippen LogP contribution in [0.15, 0.2) is 30.3 Å². The van der Waals surface area contributed by atoms with Gasteiger partial charge in [0.25, 0.3) is 0 Å². The maximum absolute atomic E-state index is 5.93. The van der Waals surface area contributed by atoms with Gasteiger partial charge < -0.3 is 9.64 Å². The predicted molar refractivity (Wildman–Crippen MR) is 74.6 cm³/mol. The van der Waals surface area contributed by atoms with Crippen molar-refractivity contribution in [2.45, 2.75) is 19.6 Å². The maximum atomic E-state index is 5.93. The predicted octanol–water partition coefficient (Wildman–Crippen LogP) is 1.84. The molecule has 1 atom stereocenters. The van der Waals surface area contributed by atoms with E-state index in [2.05, 4.69) is 54.1 Å². The first-order chi connectivity index (χ1) is 8.79. The quantitative estimate of drug-likeness (QED) is 0.791. The average molecular weight is 248 g/mol. The minimum atomic E-state index is 0.228. The monoisotopic (exact) mass is 248 g/mol. The lowest BCUT2D eigenvalue weighted by molar-refractivity contribution is -0.0690. The van der Waals surface area contributed by atoms with Crippen LogP contribution in [0.2, 0.25) is 0 Å². The van der Waals surface area contributed by atoms with Crippen LogP contribution < -0.4 is 0 Å². The molecule has 1 unspecified atom stereocenters.